The molecular weight excluding hydrogens is 176 g/mol. The summed E-state index contributed by atoms with van der Waals surface area (Å²) < 4.78 is 0. The minimum absolute atomic E-state index is 0.171. The lowest BCUT2D eigenvalue weighted by Crippen LogP contribution is -2.32. The lowest BCUT2D eigenvalue weighted by Gasteiger charge is -2.16. The standard InChI is InChI=1S/C10H26N4/c11-6-3-1-2-4-9(13)8-10(14)5-7-12/h9-10H,1-8,11-14H2. The number of hydrogen-bond donors (Lipinski definition) is 4. The van der Waals surface area contributed by atoms with Crippen molar-refractivity contribution >= 4 is 0 Å². The average Bonchev–Trinajstić information content (AvgIpc) is 2.13. The van der Waals surface area contributed by atoms with Gasteiger partial charge in [-0.25, -0.2) is 0 Å². The molecule has 0 aliphatic carbocycles. The molecular formula is C10H26N4. The number of hydrogen-bond acceptors (Lipinski definition) is 4. The maximum absolute atomic E-state index is 5.94. The maximum atomic E-state index is 5.94. The molecule has 0 spiro atoms. The molecule has 0 fully saturated rings. The van der Waals surface area contributed by atoms with Gasteiger partial charge in [0.05, 0.1) is 0 Å². The summed E-state index contributed by atoms with van der Waals surface area (Å²) in [4.78, 5) is 0. The lowest BCUT2D eigenvalue weighted by molar-refractivity contribution is 0.462. The zero-order chi connectivity index (χ0) is 10.8. The molecule has 86 valence electrons. The van der Waals surface area contributed by atoms with Gasteiger partial charge in [-0.15, -0.1) is 0 Å². The third-order valence-corrected chi connectivity index (χ3v) is 2.42. The molecule has 0 aliphatic rings. The molecule has 0 aromatic carbocycles. The van der Waals surface area contributed by atoms with Crippen molar-refractivity contribution in [3.63, 3.8) is 0 Å². The largest absolute Gasteiger partial charge is 0.330 e. The van der Waals surface area contributed by atoms with E-state index < -0.39 is 0 Å². The van der Waals surface area contributed by atoms with Gasteiger partial charge in [0.2, 0.25) is 0 Å². The van der Waals surface area contributed by atoms with Gasteiger partial charge in [-0.1, -0.05) is 12.8 Å². The van der Waals surface area contributed by atoms with Crippen molar-refractivity contribution in [2.45, 2.75) is 50.6 Å². The molecule has 4 heteroatoms. The zero-order valence-corrected chi connectivity index (χ0v) is 9.12. The highest BCUT2D eigenvalue weighted by Crippen LogP contribution is 2.06. The first-order chi connectivity index (χ1) is 6.70. The Balaban J connectivity index is 3.30. The van der Waals surface area contributed by atoms with Crippen LogP contribution in [0.15, 0.2) is 0 Å². The Morgan fingerprint density at radius 1 is 0.714 bits per heavy atom. The lowest BCUT2D eigenvalue weighted by atomic mass is 10.0. The highest BCUT2D eigenvalue weighted by molar-refractivity contribution is 4.71. The van der Waals surface area contributed by atoms with Gasteiger partial charge in [-0.3, -0.25) is 0 Å². The molecule has 4 nitrogen and oxygen atoms in total. The molecule has 0 saturated heterocycles. The van der Waals surface area contributed by atoms with Crippen molar-refractivity contribution in [2.75, 3.05) is 13.1 Å². The first-order valence-corrected chi connectivity index (χ1v) is 5.62. The summed E-state index contributed by atoms with van der Waals surface area (Å²) >= 11 is 0. The topological polar surface area (TPSA) is 104 Å². The van der Waals surface area contributed by atoms with Crippen molar-refractivity contribution in [1.29, 1.82) is 0 Å². The van der Waals surface area contributed by atoms with E-state index in [0.717, 1.165) is 38.6 Å². The zero-order valence-electron chi connectivity index (χ0n) is 9.12. The molecule has 0 aromatic heterocycles. The fourth-order valence-corrected chi connectivity index (χ4v) is 1.57. The molecule has 2 atom stereocenters. The number of nitrogens with two attached hydrogens (primary N) is 4. The van der Waals surface area contributed by atoms with E-state index in [1.165, 1.54) is 6.42 Å². The second-order valence-corrected chi connectivity index (χ2v) is 3.97. The molecule has 0 aromatic rings. The Morgan fingerprint density at radius 2 is 1.36 bits per heavy atom. The predicted octanol–water partition coefficient (Wildman–Crippen LogP) is -0.101. The molecule has 0 radical (unpaired) electrons. The van der Waals surface area contributed by atoms with Crippen LogP contribution in [0.5, 0.6) is 0 Å². The molecule has 0 saturated carbocycles. The first kappa shape index (κ1) is 13.8. The normalized spacial score (nSPS) is 15.4. The van der Waals surface area contributed by atoms with Gasteiger partial charge < -0.3 is 22.9 Å². The summed E-state index contributed by atoms with van der Waals surface area (Å²) in [5.41, 5.74) is 22.6. The third-order valence-electron chi connectivity index (χ3n) is 2.42. The molecule has 14 heavy (non-hydrogen) atoms. The van der Waals surface area contributed by atoms with Crippen LogP contribution in [0, 0.1) is 0 Å². The Hall–Kier alpha value is -0.160. The minimum Gasteiger partial charge on any atom is -0.330 e. The summed E-state index contributed by atoms with van der Waals surface area (Å²) in [5.74, 6) is 0. The van der Waals surface area contributed by atoms with Crippen molar-refractivity contribution in [1.82, 2.24) is 0 Å². The SMILES string of the molecule is NCCCCCC(N)CC(N)CCN. The van der Waals surface area contributed by atoms with Crippen LogP contribution in [0.25, 0.3) is 0 Å². The Labute approximate surface area is 87.4 Å². The second-order valence-electron chi connectivity index (χ2n) is 3.97. The summed E-state index contributed by atoms with van der Waals surface area (Å²) in [6.07, 6.45) is 6.25. The van der Waals surface area contributed by atoms with E-state index in [1.807, 2.05) is 0 Å². The maximum Gasteiger partial charge on any atom is 0.00655 e. The van der Waals surface area contributed by atoms with E-state index in [9.17, 15) is 0 Å². The summed E-state index contributed by atoms with van der Waals surface area (Å²) in [6.45, 7) is 1.43. The summed E-state index contributed by atoms with van der Waals surface area (Å²) in [7, 11) is 0. The van der Waals surface area contributed by atoms with Crippen LogP contribution < -0.4 is 22.9 Å². The minimum atomic E-state index is 0.171. The van der Waals surface area contributed by atoms with Crippen LogP contribution in [0.2, 0.25) is 0 Å². The van der Waals surface area contributed by atoms with E-state index in [1.54, 1.807) is 0 Å². The molecule has 0 aliphatic heterocycles. The molecule has 8 N–H and O–H groups in total. The van der Waals surface area contributed by atoms with Gasteiger partial charge in [0.25, 0.3) is 0 Å². The van der Waals surface area contributed by atoms with Crippen LogP contribution in [0.3, 0.4) is 0 Å². The molecule has 0 amide bonds. The third kappa shape index (κ3) is 8.44. The van der Waals surface area contributed by atoms with Crippen molar-refractivity contribution in [2.24, 2.45) is 22.9 Å². The van der Waals surface area contributed by atoms with E-state index >= 15 is 0 Å². The van der Waals surface area contributed by atoms with Crippen LogP contribution in [0.1, 0.15) is 38.5 Å². The van der Waals surface area contributed by atoms with E-state index in [-0.39, 0.29) is 12.1 Å². The van der Waals surface area contributed by atoms with E-state index in [4.69, 9.17) is 22.9 Å². The van der Waals surface area contributed by atoms with Crippen molar-refractivity contribution in [3.05, 3.63) is 0 Å². The number of rotatable bonds is 9. The van der Waals surface area contributed by atoms with Crippen LogP contribution in [0.4, 0.5) is 0 Å². The molecule has 0 bridgehead atoms. The van der Waals surface area contributed by atoms with Gasteiger partial charge in [-0.05, 0) is 38.8 Å². The smallest absolute Gasteiger partial charge is 0.00655 e. The van der Waals surface area contributed by atoms with Gasteiger partial charge in [-0.2, -0.15) is 0 Å². The second kappa shape index (κ2) is 9.40. The van der Waals surface area contributed by atoms with Gasteiger partial charge in [0, 0.05) is 12.1 Å². The van der Waals surface area contributed by atoms with Crippen molar-refractivity contribution in [3.8, 4) is 0 Å². The van der Waals surface area contributed by atoms with Crippen molar-refractivity contribution < 1.29 is 0 Å². The van der Waals surface area contributed by atoms with Crippen LogP contribution in [-0.4, -0.2) is 25.2 Å². The Bertz CT molecular complexity index is 119. The van der Waals surface area contributed by atoms with Crippen LogP contribution >= 0.6 is 0 Å². The Morgan fingerprint density at radius 3 is 1.93 bits per heavy atom. The quantitative estimate of drug-likeness (QED) is 0.392. The summed E-state index contributed by atoms with van der Waals surface area (Å²) in [6, 6.07) is 0.402. The average molecular weight is 202 g/mol. The molecule has 2 unspecified atom stereocenters. The van der Waals surface area contributed by atoms with Gasteiger partial charge in [0.15, 0.2) is 0 Å². The van der Waals surface area contributed by atoms with Gasteiger partial charge in [0.1, 0.15) is 0 Å². The summed E-state index contributed by atoms with van der Waals surface area (Å²) in [5, 5.41) is 0. The fourth-order valence-electron chi connectivity index (χ4n) is 1.57. The molecule has 0 heterocycles. The highest BCUT2D eigenvalue weighted by Gasteiger charge is 2.08. The monoisotopic (exact) mass is 202 g/mol. The fraction of sp³-hybridized carbons (Fsp3) is 1.00. The highest BCUT2D eigenvalue weighted by atomic mass is 14.7. The van der Waals surface area contributed by atoms with E-state index in [2.05, 4.69) is 0 Å². The first-order valence-electron chi connectivity index (χ1n) is 5.62. The van der Waals surface area contributed by atoms with E-state index in [0.29, 0.717) is 6.54 Å². The van der Waals surface area contributed by atoms with Gasteiger partial charge >= 0.3 is 0 Å². The van der Waals surface area contributed by atoms with Crippen LogP contribution in [-0.2, 0) is 0 Å². The Kier molecular flexibility index (Phi) is 9.29. The predicted molar refractivity (Wildman–Crippen MR) is 61.8 cm³/mol. The molecule has 0 rings (SSSR count). The number of unbranched alkanes of at least 4 members (excludes halogenated alkanes) is 2.